The first-order chi connectivity index (χ1) is 9.31. The molecular weight excluding hydrogens is 278 g/mol. The van der Waals surface area contributed by atoms with Gasteiger partial charge < -0.3 is 10.1 Å². The van der Waals surface area contributed by atoms with E-state index in [0.29, 0.717) is 6.61 Å². The van der Waals surface area contributed by atoms with Crippen LogP contribution >= 0.6 is 0 Å². The summed E-state index contributed by atoms with van der Waals surface area (Å²) in [7, 11) is -3.11. The molecule has 0 fully saturated rings. The largest absolute Gasteiger partial charge is 0.494 e. The van der Waals surface area contributed by atoms with Crippen molar-refractivity contribution in [3.8, 4) is 5.75 Å². The van der Waals surface area contributed by atoms with Crippen LogP contribution in [0.15, 0.2) is 24.3 Å². The molecule has 0 aliphatic heterocycles. The van der Waals surface area contributed by atoms with Crippen molar-refractivity contribution in [2.45, 2.75) is 26.3 Å². The standard InChI is InChI=1S/C14H21NO4S/c1-4-19-13-7-5-12(6-8-13)11(2)15-14(16)9-10-20(3,17)18/h5-8,11H,4,9-10H2,1-3H3,(H,15,16)/t11-/m1/s1. The summed E-state index contributed by atoms with van der Waals surface area (Å²) in [5.74, 6) is 0.387. The van der Waals surface area contributed by atoms with Gasteiger partial charge in [-0.2, -0.15) is 0 Å². The molecule has 1 N–H and O–H groups in total. The number of rotatable bonds is 7. The molecule has 0 radical (unpaired) electrons. The first kappa shape index (κ1) is 16.5. The molecule has 1 rings (SSSR count). The maximum atomic E-state index is 11.6. The zero-order chi connectivity index (χ0) is 15.2. The Morgan fingerprint density at radius 1 is 1.30 bits per heavy atom. The van der Waals surface area contributed by atoms with E-state index in [4.69, 9.17) is 4.74 Å². The quantitative estimate of drug-likeness (QED) is 0.831. The molecule has 1 atom stereocenters. The van der Waals surface area contributed by atoms with Crippen LogP contribution in [0.25, 0.3) is 0 Å². The first-order valence-electron chi connectivity index (χ1n) is 6.51. The molecule has 5 nitrogen and oxygen atoms in total. The number of carbonyl (C=O) groups is 1. The summed E-state index contributed by atoms with van der Waals surface area (Å²) in [6.45, 7) is 4.38. The Hall–Kier alpha value is -1.56. The highest BCUT2D eigenvalue weighted by molar-refractivity contribution is 7.90. The lowest BCUT2D eigenvalue weighted by atomic mass is 10.1. The fraction of sp³-hybridized carbons (Fsp3) is 0.500. The highest BCUT2D eigenvalue weighted by atomic mass is 32.2. The van der Waals surface area contributed by atoms with E-state index in [9.17, 15) is 13.2 Å². The van der Waals surface area contributed by atoms with E-state index in [-0.39, 0.29) is 24.1 Å². The minimum Gasteiger partial charge on any atom is -0.494 e. The van der Waals surface area contributed by atoms with Gasteiger partial charge in [0.15, 0.2) is 0 Å². The van der Waals surface area contributed by atoms with Crippen molar-refractivity contribution in [3.63, 3.8) is 0 Å². The molecule has 0 aliphatic carbocycles. The zero-order valence-corrected chi connectivity index (χ0v) is 12.9. The molecule has 0 heterocycles. The molecule has 1 amide bonds. The van der Waals surface area contributed by atoms with Crippen LogP contribution in [-0.2, 0) is 14.6 Å². The Morgan fingerprint density at radius 2 is 1.90 bits per heavy atom. The molecule has 6 heteroatoms. The van der Waals surface area contributed by atoms with E-state index < -0.39 is 9.84 Å². The van der Waals surface area contributed by atoms with Gasteiger partial charge in [-0.15, -0.1) is 0 Å². The average Bonchev–Trinajstić information content (AvgIpc) is 2.37. The summed E-state index contributed by atoms with van der Waals surface area (Å²) >= 11 is 0. The molecule has 0 bridgehead atoms. The van der Waals surface area contributed by atoms with Gasteiger partial charge in [-0.05, 0) is 31.5 Å². The van der Waals surface area contributed by atoms with Crippen molar-refractivity contribution in [2.75, 3.05) is 18.6 Å². The topological polar surface area (TPSA) is 72.5 Å². The minimum absolute atomic E-state index is 0.0137. The lowest BCUT2D eigenvalue weighted by molar-refractivity contribution is -0.121. The summed E-state index contributed by atoms with van der Waals surface area (Å²) in [6, 6.07) is 7.28. The Bertz CT molecular complexity index is 537. The van der Waals surface area contributed by atoms with Crippen LogP contribution < -0.4 is 10.1 Å². The number of sulfone groups is 1. The van der Waals surface area contributed by atoms with Gasteiger partial charge in [0.1, 0.15) is 15.6 Å². The van der Waals surface area contributed by atoms with Gasteiger partial charge in [0.25, 0.3) is 0 Å². The van der Waals surface area contributed by atoms with E-state index in [1.54, 1.807) is 0 Å². The van der Waals surface area contributed by atoms with E-state index in [0.717, 1.165) is 17.6 Å². The summed E-state index contributed by atoms with van der Waals surface area (Å²) < 4.78 is 27.3. The van der Waals surface area contributed by atoms with Crippen LogP contribution in [0.4, 0.5) is 0 Å². The van der Waals surface area contributed by atoms with Gasteiger partial charge in [0.05, 0.1) is 18.4 Å². The Labute approximate surface area is 120 Å². The maximum absolute atomic E-state index is 11.6. The van der Waals surface area contributed by atoms with E-state index >= 15 is 0 Å². The lowest BCUT2D eigenvalue weighted by Crippen LogP contribution is -2.28. The minimum atomic E-state index is -3.11. The van der Waals surface area contributed by atoms with Crippen LogP contribution in [-0.4, -0.2) is 32.9 Å². The predicted octanol–water partition coefficient (Wildman–Crippen LogP) is 1.70. The third-order valence-electron chi connectivity index (χ3n) is 2.77. The monoisotopic (exact) mass is 299 g/mol. The molecule has 0 aromatic heterocycles. The van der Waals surface area contributed by atoms with Crippen molar-refractivity contribution in [2.24, 2.45) is 0 Å². The van der Waals surface area contributed by atoms with Crippen LogP contribution in [0.5, 0.6) is 5.75 Å². The number of benzene rings is 1. The molecule has 0 unspecified atom stereocenters. The molecule has 1 aromatic rings. The number of nitrogens with one attached hydrogen (secondary N) is 1. The third kappa shape index (κ3) is 6.06. The fourth-order valence-electron chi connectivity index (χ4n) is 1.69. The smallest absolute Gasteiger partial charge is 0.221 e. The van der Waals surface area contributed by atoms with Crippen molar-refractivity contribution >= 4 is 15.7 Å². The van der Waals surface area contributed by atoms with Gasteiger partial charge in [0, 0.05) is 12.7 Å². The second-order valence-corrected chi connectivity index (χ2v) is 6.93. The molecule has 20 heavy (non-hydrogen) atoms. The first-order valence-corrected chi connectivity index (χ1v) is 8.57. The average molecular weight is 299 g/mol. The zero-order valence-electron chi connectivity index (χ0n) is 12.0. The highest BCUT2D eigenvalue weighted by Gasteiger charge is 2.12. The van der Waals surface area contributed by atoms with E-state index in [2.05, 4.69) is 5.32 Å². The van der Waals surface area contributed by atoms with Gasteiger partial charge in [-0.3, -0.25) is 4.79 Å². The van der Waals surface area contributed by atoms with Crippen molar-refractivity contribution < 1.29 is 17.9 Å². The summed E-state index contributed by atoms with van der Waals surface area (Å²) in [4.78, 5) is 11.6. The Kier molecular flexibility index (Phi) is 6.01. The van der Waals surface area contributed by atoms with Crippen LogP contribution in [0.3, 0.4) is 0 Å². The molecule has 1 aromatic carbocycles. The summed E-state index contributed by atoms with van der Waals surface area (Å²) in [5.41, 5.74) is 0.946. The SMILES string of the molecule is CCOc1ccc([C@@H](C)NC(=O)CCS(C)(=O)=O)cc1. The van der Waals surface area contributed by atoms with Crippen molar-refractivity contribution in [1.82, 2.24) is 5.32 Å². The van der Waals surface area contributed by atoms with E-state index in [1.165, 1.54) is 0 Å². The van der Waals surface area contributed by atoms with Crippen molar-refractivity contribution in [1.29, 1.82) is 0 Å². The van der Waals surface area contributed by atoms with Gasteiger partial charge in [-0.1, -0.05) is 12.1 Å². The lowest BCUT2D eigenvalue weighted by Gasteiger charge is -2.14. The number of ether oxygens (including phenoxy) is 1. The highest BCUT2D eigenvalue weighted by Crippen LogP contribution is 2.17. The second kappa shape index (κ2) is 7.28. The van der Waals surface area contributed by atoms with Gasteiger partial charge in [0.2, 0.25) is 5.91 Å². The molecule has 0 saturated heterocycles. The van der Waals surface area contributed by atoms with Gasteiger partial charge in [-0.25, -0.2) is 8.42 Å². The summed E-state index contributed by atoms with van der Waals surface area (Å²) in [6.07, 6.45) is 1.11. The third-order valence-corrected chi connectivity index (χ3v) is 3.71. The number of hydrogen-bond donors (Lipinski definition) is 1. The number of carbonyl (C=O) groups excluding carboxylic acids is 1. The molecule has 0 saturated carbocycles. The van der Waals surface area contributed by atoms with Crippen LogP contribution in [0.2, 0.25) is 0 Å². The van der Waals surface area contributed by atoms with E-state index in [1.807, 2.05) is 38.1 Å². The number of hydrogen-bond acceptors (Lipinski definition) is 4. The maximum Gasteiger partial charge on any atom is 0.221 e. The molecular formula is C14H21NO4S. The normalized spacial score (nSPS) is 12.8. The Balaban J connectivity index is 2.53. The number of amides is 1. The van der Waals surface area contributed by atoms with Gasteiger partial charge >= 0.3 is 0 Å². The van der Waals surface area contributed by atoms with Crippen molar-refractivity contribution in [3.05, 3.63) is 29.8 Å². The van der Waals surface area contributed by atoms with Crippen LogP contribution in [0.1, 0.15) is 31.9 Å². The Morgan fingerprint density at radius 3 is 2.40 bits per heavy atom. The molecule has 112 valence electrons. The summed E-state index contributed by atoms with van der Waals surface area (Å²) in [5, 5.41) is 2.78. The fourth-order valence-corrected chi connectivity index (χ4v) is 2.25. The second-order valence-electron chi connectivity index (χ2n) is 4.67. The molecule has 0 aliphatic rings. The predicted molar refractivity (Wildman–Crippen MR) is 78.5 cm³/mol. The molecule has 0 spiro atoms. The van der Waals surface area contributed by atoms with Crippen LogP contribution in [0, 0.1) is 0 Å².